The molecule has 0 fully saturated rings. The average Bonchev–Trinajstić information content (AvgIpc) is 2.71. The van der Waals surface area contributed by atoms with Gasteiger partial charge < -0.3 is 19.5 Å². The summed E-state index contributed by atoms with van der Waals surface area (Å²) >= 11 is 0. The van der Waals surface area contributed by atoms with Crippen molar-refractivity contribution in [3.8, 4) is 17.2 Å². The maximum absolute atomic E-state index is 12.5. The third kappa shape index (κ3) is 5.78. The third-order valence-electron chi connectivity index (χ3n) is 4.42. The molecule has 0 radical (unpaired) electrons. The number of methoxy groups -OCH3 is 2. The zero-order chi connectivity index (χ0) is 20.5. The Bertz CT molecular complexity index is 784. The van der Waals surface area contributed by atoms with Crippen LogP contribution in [0.25, 0.3) is 0 Å². The molecular weight excluding hydrogens is 354 g/mol. The molecule has 0 heterocycles. The van der Waals surface area contributed by atoms with Gasteiger partial charge in [-0.25, -0.2) is 0 Å². The Balaban J connectivity index is 2.02. The number of carbonyl (C=O) groups is 1. The Morgan fingerprint density at radius 3 is 2.36 bits per heavy atom. The van der Waals surface area contributed by atoms with Crippen molar-refractivity contribution in [3.63, 3.8) is 0 Å². The SMILES string of the molecule is C=CCc1ccc(OCC(=O)NC(c2ccc(OC)cc2)C(C)C)c(OC)c1. The predicted octanol–water partition coefficient (Wildman–Crippen LogP) is 4.32. The molecule has 2 rings (SSSR count). The van der Waals surface area contributed by atoms with Crippen LogP contribution in [0.3, 0.4) is 0 Å². The maximum Gasteiger partial charge on any atom is 0.258 e. The van der Waals surface area contributed by atoms with Crippen molar-refractivity contribution < 1.29 is 19.0 Å². The highest BCUT2D eigenvalue weighted by atomic mass is 16.5. The number of benzene rings is 2. The number of nitrogens with one attached hydrogen (secondary N) is 1. The quantitative estimate of drug-likeness (QED) is 0.621. The van der Waals surface area contributed by atoms with E-state index in [0.29, 0.717) is 11.5 Å². The summed E-state index contributed by atoms with van der Waals surface area (Å²) in [7, 11) is 3.21. The van der Waals surface area contributed by atoms with Crippen molar-refractivity contribution in [2.45, 2.75) is 26.3 Å². The van der Waals surface area contributed by atoms with E-state index in [1.807, 2.05) is 48.5 Å². The van der Waals surface area contributed by atoms with Crippen LogP contribution in [0.5, 0.6) is 17.2 Å². The highest BCUT2D eigenvalue weighted by Crippen LogP contribution is 2.28. The topological polar surface area (TPSA) is 56.8 Å². The number of ether oxygens (including phenoxy) is 3. The fraction of sp³-hybridized carbons (Fsp3) is 0.348. The average molecular weight is 383 g/mol. The van der Waals surface area contributed by atoms with Gasteiger partial charge in [-0.3, -0.25) is 4.79 Å². The lowest BCUT2D eigenvalue weighted by atomic mass is 9.96. The maximum atomic E-state index is 12.5. The molecule has 1 unspecified atom stereocenters. The van der Waals surface area contributed by atoms with E-state index < -0.39 is 0 Å². The van der Waals surface area contributed by atoms with Crippen LogP contribution in [-0.2, 0) is 11.2 Å². The van der Waals surface area contributed by atoms with Crippen molar-refractivity contribution in [1.29, 1.82) is 0 Å². The van der Waals surface area contributed by atoms with Crippen molar-refractivity contribution >= 4 is 5.91 Å². The van der Waals surface area contributed by atoms with Crippen molar-refractivity contribution in [2.24, 2.45) is 5.92 Å². The van der Waals surface area contributed by atoms with Gasteiger partial charge in [-0.05, 0) is 47.7 Å². The van der Waals surface area contributed by atoms with Gasteiger partial charge in [0, 0.05) is 0 Å². The van der Waals surface area contributed by atoms with Crippen LogP contribution in [-0.4, -0.2) is 26.7 Å². The highest BCUT2D eigenvalue weighted by molar-refractivity contribution is 5.78. The van der Waals surface area contributed by atoms with Crippen LogP contribution >= 0.6 is 0 Å². The van der Waals surface area contributed by atoms with Crippen LogP contribution in [0.4, 0.5) is 0 Å². The molecule has 0 aliphatic carbocycles. The van der Waals surface area contributed by atoms with E-state index in [4.69, 9.17) is 14.2 Å². The molecule has 28 heavy (non-hydrogen) atoms. The van der Waals surface area contributed by atoms with Crippen LogP contribution in [0, 0.1) is 5.92 Å². The lowest BCUT2D eigenvalue weighted by Crippen LogP contribution is -2.35. The molecule has 0 aliphatic heterocycles. The van der Waals surface area contributed by atoms with E-state index in [1.165, 1.54) is 0 Å². The fourth-order valence-electron chi connectivity index (χ4n) is 2.93. The van der Waals surface area contributed by atoms with Gasteiger partial charge in [-0.15, -0.1) is 6.58 Å². The van der Waals surface area contributed by atoms with Crippen molar-refractivity contribution in [1.82, 2.24) is 5.32 Å². The Morgan fingerprint density at radius 2 is 1.79 bits per heavy atom. The summed E-state index contributed by atoms with van der Waals surface area (Å²) < 4.78 is 16.3. The number of carbonyl (C=O) groups excluding carboxylic acids is 1. The second-order valence-corrected chi connectivity index (χ2v) is 6.83. The molecule has 0 bridgehead atoms. The van der Waals surface area contributed by atoms with E-state index >= 15 is 0 Å². The number of hydrogen-bond acceptors (Lipinski definition) is 4. The molecule has 0 saturated carbocycles. The molecule has 1 N–H and O–H groups in total. The second-order valence-electron chi connectivity index (χ2n) is 6.83. The lowest BCUT2D eigenvalue weighted by molar-refractivity contribution is -0.124. The Kier molecular flexibility index (Phi) is 7.93. The smallest absolute Gasteiger partial charge is 0.258 e. The van der Waals surface area contributed by atoms with E-state index in [-0.39, 0.29) is 24.5 Å². The van der Waals surface area contributed by atoms with Crippen LogP contribution in [0.2, 0.25) is 0 Å². The molecule has 0 saturated heterocycles. The van der Waals surface area contributed by atoms with E-state index in [0.717, 1.165) is 23.3 Å². The normalized spacial score (nSPS) is 11.6. The fourth-order valence-corrected chi connectivity index (χ4v) is 2.93. The first-order chi connectivity index (χ1) is 13.5. The van der Waals surface area contributed by atoms with Crippen molar-refractivity contribution in [2.75, 3.05) is 20.8 Å². The number of rotatable bonds is 10. The Hall–Kier alpha value is -2.95. The highest BCUT2D eigenvalue weighted by Gasteiger charge is 2.19. The molecule has 1 amide bonds. The van der Waals surface area contributed by atoms with E-state index in [9.17, 15) is 4.79 Å². The molecule has 0 aromatic heterocycles. The largest absolute Gasteiger partial charge is 0.497 e. The monoisotopic (exact) mass is 383 g/mol. The number of hydrogen-bond donors (Lipinski definition) is 1. The van der Waals surface area contributed by atoms with Gasteiger partial charge in [0.25, 0.3) is 5.91 Å². The summed E-state index contributed by atoms with van der Waals surface area (Å²) in [6.45, 7) is 7.78. The minimum Gasteiger partial charge on any atom is -0.497 e. The predicted molar refractivity (Wildman–Crippen MR) is 111 cm³/mol. The first-order valence-electron chi connectivity index (χ1n) is 9.32. The Labute approximate surface area is 167 Å². The standard InChI is InChI=1S/C23H29NO4/c1-6-7-17-8-13-20(21(14-17)27-5)28-15-22(25)24-23(16(2)3)18-9-11-19(26-4)12-10-18/h6,8-14,16,23H,1,7,15H2,2-5H3,(H,24,25). The summed E-state index contributed by atoms with van der Waals surface area (Å²) in [5, 5.41) is 3.05. The van der Waals surface area contributed by atoms with E-state index in [1.54, 1.807) is 14.2 Å². The minimum atomic E-state index is -0.188. The lowest BCUT2D eigenvalue weighted by Gasteiger charge is -2.23. The number of amides is 1. The zero-order valence-corrected chi connectivity index (χ0v) is 17.0. The molecule has 5 heteroatoms. The van der Waals surface area contributed by atoms with Gasteiger partial charge in [0.2, 0.25) is 0 Å². The molecule has 1 atom stereocenters. The minimum absolute atomic E-state index is 0.0868. The summed E-state index contributed by atoms with van der Waals surface area (Å²) in [6, 6.07) is 13.2. The van der Waals surface area contributed by atoms with Gasteiger partial charge in [0.15, 0.2) is 18.1 Å². The second kappa shape index (κ2) is 10.4. The van der Waals surface area contributed by atoms with Crippen LogP contribution in [0.1, 0.15) is 31.0 Å². The van der Waals surface area contributed by atoms with E-state index in [2.05, 4.69) is 25.7 Å². The van der Waals surface area contributed by atoms with Crippen LogP contribution in [0.15, 0.2) is 55.1 Å². The molecule has 0 spiro atoms. The molecule has 150 valence electrons. The first kappa shape index (κ1) is 21.4. The Morgan fingerprint density at radius 1 is 1.07 bits per heavy atom. The summed E-state index contributed by atoms with van der Waals surface area (Å²) in [5.41, 5.74) is 2.10. The molecular formula is C23H29NO4. The van der Waals surface area contributed by atoms with Gasteiger partial charge in [-0.1, -0.05) is 38.1 Å². The first-order valence-corrected chi connectivity index (χ1v) is 9.32. The molecule has 2 aromatic rings. The zero-order valence-electron chi connectivity index (χ0n) is 17.0. The summed E-state index contributed by atoms with van der Waals surface area (Å²) in [4.78, 5) is 12.5. The van der Waals surface area contributed by atoms with Gasteiger partial charge >= 0.3 is 0 Å². The summed E-state index contributed by atoms with van der Waals surface area (Å²) in [5.74, 6) is 1.96. The van der Waals surface area contributed by atoms with Crippen LogP contribution < -0.4 is 19.5 Å². The van der Waals surface area contributed by atoms with Gasteiger partial charge in [-0.2, -0.15) is 0 Å². The molecule has 0 aliphatic rings. The molecule has 2 aromatic carbocycles. The molecule has 5 nitrogen and oxygen atoms in total. The van der Waals surface area contributed by atoms with Crippen molar-refractivity contribution in [3.05, 3.63) is 66.2 Å². The van der Waals surface area contributed by atoms with Gasteiger partial charge in [0.1, 0.15) is 5.75 Å². The third-order valence-corrected chi connectivity index (χ3v) is 4.42. The number of allylic oxidation sites excluding steroid dienone is 1. The van der Waals surface area contributed by atoms with Gasteiger partial charge in [0.05, 0.1) is 20.3 Å². The summed E-state index contributed by atoms with van der Waals surface area (Å²) in [6.07, 6.45) is 2.57.